The molecule has 0 spiro atoms. The van der Waals surface area contributed by atoms with Crippen LogP contribution >= 0.6 is 44.1 Å². The highest BCUT2D eigenvalue weighted by atomic mass is 79.9. The molecule has 0 bridgehead atoms. The van der Waals surface area contributed by atoms with Gasteiger partial charge in [-0.3, -0.25) is 0 Å². The van der Waals surface area contributed by atoms with Gasteiger partial charge in [0.15, 0.2) is 0 Å². The van der Waals surface area contributed by atoms with E-state index >= 15 is 0 Å². The standard InChI is InChI=1S/C14H11Br2NS/c15-13(16)10-7-5-9(6-8-10)11-3-1-2-4-12(11)14(17)18/h1-8,13H,(H2,17,18). The third-order valence-electron chi connectivity index (χ3n) is 2.67. The van der Waals surface area contributed by atoms with Crippen LogP contribution in [0.15, 0.2) is 48.5 Å². The van der Waals surface area contributed by atoms with Gasteiger partial charge in [-0.1, -0.05) is 92.6 Å². The highest BCUT2D eigenvalue weighted by molar-refractivity contribution is 9.24. The lowest BCUT2D eigenvalue weighted by Crippen LogP contribution is -2.10. The van der Waals surface area contributed by atoms with E-state index < -0.39 is 0 Å². The topological polar surface area (TPSA) is 26.0 Å². The molecule has 0 aliphatic carbocycles. The molecule has 0 atom stereocenters. The molecular formula is C14H11Br2NS. The summed E-state index contributed by atoms with van der Waals surface area (Å²) in [5.74, 6) is 0. The predicted molar refractivity (Wildman–Crippen MR) is 88.4 cm³/mol. The molecule has 1 nitrogen and oxygen atoms in total. The zero-order chi connectivity index (χ0) is 13.1. The van der Waals surface area contributed by atoms with E-state index in [1.165, 1.54) is 5.56 Å². The van der Waals surface area contributed by atoms with Crippen molar-refractivity contribution < 1.29 is 0 Å². The molecule has 0 saturated carbocycles. The highest BCUT2D eigenvalue weighted by Crippen LogP contribution is 2.31. The molecule has 0 unspecified atom stereocenters. The van der Waals surface area contributed by atoms with Gasteiger partial charge < -0.3 is 5.73 Å². The lowest BCUT2D eigenvalue weighted by Gasteiger charge is -2.09. The van der Waals surface area contributed by atoms with Gasteiger partial charge in [0, 0.05) is 5.56 Å². The number of hydrogen-bond acceptors (Lipinski definition) is 1. The van der Waals surface area contributed by atoms with Crippen LogP contribution in [0.3, 0.4) is 0 Å². The number of halogens is 2. The highest BCUT2D eigenvalue weighted by Gasteiger charge is 2.07. The summed E-state index contributed by atoms with van der Waals surface area (Å²) in [5, 5.41) is 0. The molecule has 2 rings (SSSR count). The van der Waals surface area contributed by atoms with E-state index in [1.54, 1.807) is 0 Å². The van der Waals surface area contributed by atoms with Crippen molar-refractivity contribution in [3.8, 4) is 11.1 Å². The van der Waals surface area contributed by atoms with Crippen LogP contribution in [0.25, 0.3) is 11.1 Å². The Morgan fingerprint density at radius 3 is 2.17 bits per heavy atom. The Morgan fingerprint density at radius 2 is 1.61 bits per heavy atom. The van der Waals surface area contributed by atoms with E-state index in [1.807, 2.05) is 24.3 Å². The normalized spacial score (nSPS) is 10.6. The van der Waals surface area contributed by atoms with Gasteiger partial charge in [-0.15, -0.1) is 0 Å². The van der Waals surface area contributed by atoms with Crippen LogP contribution in [0.1, 0.15) is 14.9 Å². The Kier molecular flexibility index (Phi) is 4.54. The minimum atomic E-state index is 0.171. The second-order valence-electron chi connectivity index (χ2n) is 3.83. The summed E-state index contributed by atoms with van der Waals surface area (Å²) in [5.41, 5.74) is 10.0. The summed E-state index contributed by atoms with van der Waals surface area (Å²) in [6, 6.07) is 16.2. The van der Waals surface area contributed by atoms with Crippen molar-refractivity contribution in [1.82, 2.24) is 0 Å². The lowest BCUT2D eigenvalue weighted by molar-refractivity contribution is 1.42. The Balaban J connectivity index is 2.46. The molecule has 0 aliphatic heterocycles. The van der Waals surface area contributed by atoms with Crippen molar-refractivity contribution in [2.24, 2.45) is 5.73 Å². The second kappa shape index (κ2) is 5.95. The van der Waals surface area contributed by atoms with Gasteiger partial charge in [0.25, 0.3) is 0 Å². The molecule has 2 aromatic rings. The van der Waals surface area contributed by atoms with Crippen LogP contribution < -0.4 is 5.73 Å². The van der Waals surface area contributed by atoms with E-state index in [9.17, 15) is 0 Å². The van der Waals surface area contributed by atoms with Gasteiger partial charge in [-0.05, 0) is 16.7 Å². The van der Waals surface area contributed by atoms with E-state index in [0.717, 1.165) is 16.7 Å². The maximum Gasteiger partial charge on any atom is 0.104 e. The first kappa shape index (κ1) is 13.7. The molecule has 0 aromatic heterocycles. The smallest absolute Gasteiger partial charge is 0.104 e. The van der Waals surface area contributed by atoms with E-state index in [0.29, 0.717) is 4.99 Å². The van der Waals surface area contributed by atoms with Crippen LogP contribution in [0, 0.1) is 0 Å². The molecule has 2 N–H and O–H groups in total. The number of alkyl halides is 2. The minimum Gasteiger partial charge on any atom is -0.389 e. The number of rotatable bonds is 3. The van der Waals surface area contributed by atoms with E-state index in [-0.39, 0.29) is 3.74 Å². The molecular weight excluding hydrogens is 374 g/mol. The Bertz CT molecular complexity index is 564. The molecule has 0 amide bonds. The zero-order valence-corrected chi connectivity index (χ0v) is 13.4. The molecule has 0 aliphatic rings. The van der Waals surface area contributed by atoms with Gasteiger partial charge in [0.05, 0.1) is 3.74 Å². The maximum absolute atomic E-state index is 5.75. The number of benzene rings is 2. The molecule has 0 heterocycles. The fourth-order valence-electron chi connectivity index (χ4n) is 1.76. The van der Waals surface area contributed by atoms with Crippen LogP contribution in [0.5, 0.6) is 0 Å². The van der Waals surface area contributed by atoms with Gasteiger partial charge in [-0.2, -0.15) is 0 Å². The fourth-order valence-corrected chi connectivity index (χ4v) is 2.55. The molecule has 0 fully saturated rings. The first-order chi connectivity index (χ1) is 8.59. The number of hydrogen-bond donors (Lipinski definition) is 1. The summed E-state index contributed by atoms with van der Waals surface area (Å²) in [6.07, 6.45) is 0. The van der Waals surface area contributed by atoms with Crippen molar-refractivity contribution in [3.05, 3.63) is 59.7 Å². The summed E-state index contributed by atoms with van der Waals surface area (Å²) in [7, 11) is 0. The first-order valence-corrected chi connectivity index (χ1v) is 7.61. The zero-order valence-electron chi connectivity index (χ0n) is 9.44. The molecule has 4 heteroatoms. The average molecular weight is 385 g/mol. The average Bonchev–Trinajstić information content (AvgIpc) is 2.39. The number of thiocarbonyl (C=S) groups is 1. The Morgan fingerprint density at radius 1 is 1.00 bits per heavy atom. The fraction of sp³-hybridized carbons (Fsp3) is 0.0714. The molecule has 2 aromatic carbocycles. The summed E-state index contributed by atoms with van der Waals surface area (Å²) >= 11 is 12.0. The predicted octanol–water partition coefficient (Wildman–Crippen LogP) is 4.78. The molecule has 0 radical (unpaired) electrons. The SMILES string of the molecule is NC(=S)c1ccccc1-c1ccc(C(Br)Br)cc1. The van der Waals surface area contributed by atoms with Crippen LogP contribution in [0.2, 0.25) is 0 Å². The van der Waals surface area contributed by atoms with Crippen molar-refractivity contribution in [2.45, 2.75) is 3.74 Å². The summed E-state index contributed by atoms with van der Waals surface area (Å²) in [4.78, 5) is 0.425. The van der Waals surface area contributed by atoms with Gasteiger partial charge in [0.1, 0.15) is 4.99 Å². The Labute approximate surface area is 129 Å². The second-order valence-corrected chi connectivity index (χ2v) is 7.33. The third kappa shape index (κ3) is 2.99. The van der Waals surface area contributed by atoms with Crippen molar-refractivity contribution in [1.29, 1.82) is 0 Å². The quantitative estimate of drug-likeness (QED) is 0.608. The molecule has 0 saturated heterocycles. The Hall–Kier alpha value is -0.710. The summed E-state index contributed by atoms with van der Waals surface area (Å²) in [6.45, 7) is 0. The third-order valence-corrected chi connectivity index (χ3v) is 3.94. The van der Waals surface area contributed by atoms with Crippen molar-refractivity contribution in [3.63, 3.8) is 0 Å². The van der Waals surface area contributed by atoms with E-state index in [4.69, 9.17) is 18.0 Å². The van der Waals surface area contributed by atoms with Gasteiger partial charge >= 0.3 is 0 Å². The van der Waals surface area contributed by atoms with Gasteiger partial charge in [-0.25, -0.2) is 0 Å². The van der Waals surface area contributed by atoms with Crippen LogP contribution in [-0.4, -0.2) is 4.99 Å². The lowest BCUT2D eigenvalue weighted by atomic mass is 9.99. The number of nitrogens with two attached hydrogens (primary N) is 1. The summed E-state index contributed by atoms with van der Waals surface area (Å²) < 4.78 is 0.171. The largest absolute Gasteiger partial charge is 0.389 e. The first-order valence-electron chi connectivity index (χ1n) is 5.37. The minimum absolute atomic E-state index is 0.171. The van der Waals surface area contributed by atoms with Crippen molar-refractivity contribution >= 4 is 49.1 Å². The van der Waals surface area contributed by atoms with Crippen LogP contribution in [0.4, 0.5) is 0 Å². The monoisotopic (exact) mass is 383 g/mol. The molecule has 92 valence electrons. The van der Waals surface area contributed by atoms with Crippen molar-refractivity contribution in [2.75, 3.05) is 0 Å². The maximum atomic E-state index is 5.75. The van der Waals surface area contributed by atoms with Crippen LogP contribution in [-0.2, 0) is 0 Å². The molecule has 18 heavy (non-hydrogen) atoms. The van der Waals surface area contributed by atoms with E-state index in [2.05, 4.69) is 56.1 Å². The van der Waals surface area contributed by atoms with Gasteiger partial charge in [0.2, 0.25) is 0 Å².